The third kappa shape index (κ3) is 2.67. The van der Waals surface area contributed by atoms with E-state index < -0.39 is 0 Å². The van der Waals surface area contributed by atoms with Gasteiger partial charge in [0.15, 0.2) is 0 Å². The van der Waals surface area contributed by atoms with Crippen molar-refractivity contribution in [1.29, 1.82) is 0 Å². The lowest BCUT2D eigenvalue weighted by Crippen LogP contribution is -2.34. The third-order valence-electron chi connectivity index (χ3n) is 3.84. The molecule has 1 aliphatic heterocycles. The highest BCUT2D eigenvalue weighted by Crippen LogP contribution is 2.14. The number of hydrogen-bond donors (Lipinski definition) is 0. The maximum Gasteiger partial charge on any atom is 0.137 e. The predicted molar refractivity (Wildman–Crippen MR) is 82.1 cm³/mol. The molecular formula is C15H22OSi2. The number of carbonyl (C=O) groups excluding carboxylic acids is 1. The summed E-state index contributed by atoms with van der Waals surface area (Å²) in [5, 5.41) is 3.28. The Hall–Kier alpha value is -0.676. The molecule has 0 amide bonds. The van der Waals surface area contributed by atoms with Gasteiger partial charge in [-0.15, -0.1) is 0 Å². The van der Waals surface area contributed by atoms with Crippen molar-refractivity contribution >= 4 is 33.8 Å². The topological polar surface area (TPSA) is 17.1 Å². The molecule has 1 aromatic carbocycles. The van der Waals surface area contributed by atoms with E-state index in [-0.39, 0.29) is 17.6 Å². The first-order valence-electron chi connectivity index (χ1n) is 6.83. The molecule has 0 atom stereocenters. The first kappa shape index (κ1) is 13.7. The average molecular weight is 275 g/mol. The van der Waals surface area contributed by atoms with Gasteiger partial charge in [0.05, 0.1) is 17.6 Å². The van der Waals surface area contributed by atoms with Gasteiger partial charge >= 0.3 is 0 Å². The van der Waals surface area contributed by atoms with Gasteiger partial charge in [0.25, 0.3) is 0 Å². The molecule has 0 bridgehead atoms. The van der Waals surface area contributed by atoms with E-state index in [0.717, 1.165) is 12.8 Å². The van der Waals surface area contributed by atoms with Crippen LogP contribution in [0.15, 0.2) is 12.1 Å². The molecule has 0 spiro atoms. The fourth-order valence-corrected chi connectivity index (χ4v) is 10.8. The van der Waals surface area contributed by atoms with Gasteiger partial charge in [0, 0.05) is 12.8 Å². The van der Waals surface area contributed by atoms with Crippen molar-refractivity contribution in [3.05, 3.63) is 23.3 Å². The average Bonchev–Trinajstić information content (AvgIpc) is 2.56. The SMILES string of the molecule is CCCC(=O)Cc1cc2c(cc1C)[Si](C)C[Si]2C. The van der Waals surface area contributed by atoms with Crippen molar-refractivity contribution < 1.29 is 4.79 Å². The smallest absolute Gasteiger partial charge is 0.137 e. The molecule has 0 unspecified atom stereocenters. The summed E-state index contributed by atoms with van der Waals surface area (Å²) < 4.78 is 0. The van der Waals surface area contributed by atoms with Crippen LogP contribution in [0.4, 0.5) is 0 Å². The lowest BCUT2D eigenvalue weighted by Gasteiger charge is -2.11. The molecule has 0 aliphatic carbocycles. The van der Waals surface area contributed by atoms with Crippen LogP contribution >= 0.6 is 0 Å². The van der Waals surface area contributed by atoms with Crippen molar-refractivity contribution in [3.8, 4) is 0 Å². The van der Waals surface area contributed by atoms with Gasteiger partial charge in [0.1, 0.15) is 5.78 Å². The number of ketones is 1. The van der Waals surface area contributed by atoms with Crippen LogP contribution in [-0.2, 0) is 11.2 Å². The number of hydrogen-bond acceptors (Lipinski definition) is 1. The molecule has 1 nitrogen and oxygen atoms in total. The maximum atomic E-state index is 11.8. The number of benzene rings is 1. The molecule has 0 fully saturated rings. The van der Waals surface area contributed by atoms with Crippen LogP contribution in [0.5, 0.6) is 0 Å². The second-order valence-corrected chi connectivity index (χ2v) is 11.1. The Morgan fingerprint density at radius 3 is 2.44 bits per heavy atom. The molecule has 1 heterocycles. The van der Waals surface area contributed by atoms with E-state index in [0.29, 0.717) is 12.2 Å². The summed E-state index contributed by atoms with van der Waals surface area (Å²) >= 11 is 0. The molecule has 18 heavy (non-hydrogen) atoms. The molecule has 1 aromatic rings. The van der Waals surface area contributed by atoms with Crippen LogP contribution in [0.2, 0.25) is 18.8 Å². The monoisotopic (exact) mass is 274 g/mol. The van der Waals surface area contributed by atoms with Crippen molar-refractivity contribution in [2.45, 2.75) is 51.9 Å². The molecule has 0 N–H and O–H groups in total. The number of Topliss-reactive ketones (excluding diaryl/α,β-unsaturated/α-hetero) is 1. The first-order chi connectivity index (χ1) is 8.52. The lowest BCUT2D eigenvalue weighted by molar-refractivity contribution is -0.118. The third-order valence-corrected chi connectivity index (χ3v) is 11.0. The van der Waals surface area contributed by atoms with Gasteiger partial charge < -0.3 is 0 Å². The first-order valence-corrected chi connectivity index (χ1v) is 11.2. The second-order valence-electron chi connectivity index (χ2n) is 5.53. The number of carbonyl (C=O) groups is 1. The fourth-order valence-electron chi connectivity index (χ4n) is 2.82. The molecule has 0 saturated heterocycles. The zero-order valence-corrected chi connectivity index (χ0v) is 13.9. The van der Waals surface area contributed by atoms with Gasteiger partial charge in [-0.1, -0.05) is 48.2 Å². The van der Waals surface area contributed by atoms with E-state index in [9.17, 15) is 4.79 Å². The molecular weight excluding hydrogens is 252 g/mol. The van der Waals surface area contributed by atoms with Gasteiger partial charge in [-0.2, -0.15) is 0 Å². The minimum atomic E-state index is -0.314. The van der Waals surface area contributed by atoms with E-state index in [1.807, 2.05) is 0 Å². The maximum absolute atomic E-state index is 11.8. The summed E-state index contributed by atoms with van der Waals surface area (Å²) in [4.78, 5) is 11.8. The van der Waals surface area contributed by atoms with E-state index in [2.05, 4.69) is 39.1 Å². The lowest BCUT2D eigenvalue weighted by atomic mass is 10.0. The van der Waals surface area contributed by atoms with Crippen LogP contribution < -0.4 is 10.4 Å². The van der Waals surface area contributed by atoms with Crippen molar-refractivity contribution in [2.75, 3.05) is 0 Å². The Morgan fingerprint density at radius 1 is 1.22 bits per heavy atom. The van der Waals surface area contributed by atoms with Crippen molar-refractivity contribution in [2.24, 2.45) is 0 Å². The minimum absolute atomic E-state index is 0.279. The van der Waals surface area contributed by atoms with Crippen LogP contribution in [-0.4, -0.2) is 23.4 Å². The number of fused-ring (bicyclic) bond motifs is 1. The molecule has 96 valence electrons. The van der Waals surface area contributed by atoms with Crippen LogP contribution in [0.25, 0.3) is 0 Å². The van der Waals surface area contributed by atoms with E-state index in [4.69, 9.17) is 0 Å². The van der Waals surface area contributed by atoms with Gasteiger partial charge in [-0.3, -0.25) is 4.79 Å². The largest absolute Gasteiger partial charge is 0.299 e. The quantitative estimate of drug-likeness (QED) is 0.769. The fraction of sp³-hybridized carbons (Fsp3) is 0.533. The van der Waals surface area contributed by atoms with Gasteiger partial charge in [-0.25, -0.2) is 0 Å². The zero-order valence-electron chi connectivity index (χ0n) is 11.9. The Morgan fingerprint density at radius 2 is 1.83 bits per heavy atom. The molecule has 0 saturated carbocycles. The van der Waals surface area contributed by atoms with E-state index >= 15 is 0 Å². The molecule has 1 aliphatic rings. The number of rotatable bonds is 4. The summed E-state index contributed by atoms with van der Waals surface area (Å²) in [7, 11) is -0.593. The van der Waals surface area contributed by atoms with E-state index in [1.165, 1.54) is 16.8 Å². The molecule has 2 radical (unpaired) electrons. The van der Waals surface area contributed by atoms with Gasteiger partial charge in [0.2, 0.25) is 0 Å². The van der Waals surface area contributed by atoms with Crippen LogP contribution in [0, 0.1) is 6.92 Å². The predicted octanol–water partition coefficient (Wildman–Crippen LogP) is 2.12. The zero-order chi connectivity index (χ0) is 13.3. The Kier molecular flexibility index (Phi) is 4.23. The Labute approximate surface area is 114 Å². The van der Waals surface area contributed by atoms with E-state index in [1.54, 1.807) is 10.4 Å². The summed E-state index contributed by atoms with van der Waals surface area (Å²) in [6, 6.07) is 4.76. The molecule has 0 aromatic heterocycles. The molecule has 3 heteroatoms. The summed E-state index contributed by atoms with van der Waals surface area (Å²) in [5.41, 5.74) is 4.07. The Bertz CT molecular complexity index is 468. The highest BCUT2D eigenvalue weighted by molar-refractivity contribution is 6.98. The van der Waals surface area contributed by atoms with Crippen LogP contribution in [0.1, 0.15) is 30.9 Å². The number of aryl methyl sites for hydroxylation is 1. The molecule has 2 rings (SSSR count). The second kappa shape index (κ2) is 5.53. The highest BCUT2D eigenvalue weighted by atomic mass is 28.3. The normalized spacial score (nSPS) is 16.0. The Balaban J connectivity index is 2.28. The standard InChI is InChI=1S/C15H22OSi2/c1-5-6-13(16)8-12-9-15-14(7-11(12)2)17(3)10-18(15)4/h7,9H,5-6,8,10H2,1-4H3. The van der Waals surface area contributed by atoms with Crippen molar-refractivity contribution in [1.82, 2.24) is 0 Å². The van der Waals surface area contributed by atoms with Gasteiger partial charge in [-0.05, 0) is 24.5 Å². The highest BCUT2D eigenvalue weighted by Gasteiger charge is 2.28. The van der Waals surface area contributed by atoms with Crippen LogP contribution in [0.3, 0.4) is 0 Å². The minimum Gasteiger partial charge on any atom is -0.299 e. The summed E-state index contributed by atoms with van der Waals surface area (Å²) in [6.45, 7) is 9.11. The van der Waals surface area contributed by atoms with Crippen molar-refractivity contribution in [3.63, 3.8) is 0 Å². The summed E-state index contributed by atoms with van der Waals surface area (Å²) in [6.07, 6.45) is 2.34. The summed E-state index contributed by atoms with van der Waals surface area (Å²) in [5.74, 6) is 0.394.